The lowest BCUT2D eigenvalue weighted by molar-refractivity contribution is 0.0988. The quantitative estimate of drug-likeness (QED) is 0.665. The molecular weight excluding hydrogens is 322 g/mol. The summed E-state index contributed by atoms with van der Waals surface area (Å²) < 4.78 is 0. The van der Waals surface area contributed by atoms with Crippen LogP contribution in [0.25, 0.3) is 0 Å². The van der Waals surface area contributed by atoms with Gasteiger partial charge < -0.3 is 9.80 Å². The number of amides is 1. The summed E-state index contributed by atoms with van der Waals surface area (Å²) in [6.45, 7) is 3.34. The van der Waals surface area contributed by atoms with Crippen LogP contribution < -0.4 is 9.80 Å². The van der Waals surface area contributed by atoms with Gasteiger partial charge in [-0.15, -0.1) is 0 Å². The molecule has 0 aliphatic rings. The number of para-hydroxylation sites is 1. The molecule has 0 N–H and O–H groups in total. The van der Waals surface area contributed by atoms with Crippen LogP contribution in [0, 0.1) is 0 Å². The highest BCUT2D eigenvalue weighted by Gasteiger charge is 2.17. The fourth-order valence-electron chi connectivity index (χ4n) is 2.91. The summed E-state index contributed by atoms with van der Waals surface area (Å²) in [7, 11) is 2.01. The van der Waals surface area contributed by atoms with E-state index < -0.39 is 0 Å². The van der Waals surface area contributed by atoms with Crippen LogP contribution in [-0.4, -0.2) is 24.5 Å². The third kappa shape index (κ3) is 4.09. The van der Waals surface area contributed by atoms with E-state index in [0.29, 0.717) is 12.1 Å². The van der Waals surface area contributed by atoms with Gasteiger partial charge in [-0.3, -0.25) is 9.78 Å². The molecule has 0 spiro atoms. The van der Waals surface area contributed by atoms with Crippen molar-refractivity contribution in [3.05, 3.63) is 90.3 Å². The average molecular weight is 345 g/mol. The normalized spacial score (nSPS) is 10.4. The van der Waals surface area contributed by atoms with E-state index in [1.807, 2.05) is 68.6 Å². The van der Waals surface area contributed by atoms with Crippen molar-refractivity contribution < 1.29 is 4.79 Å². The number of benzene rings is 2. The molecule has 1 aromatic heterocycles. The standard InChI is InChI=1S/C22H23N3O/c1-3-25(20-12-8-5-9-13-20)22(26)19-14-21(16-23-15-19)24(2)17-18-10-6-4-7-11-18/h4-16H,3,17H2,1-2H3. The molecule has 1 heterocycles. The van der Waals surface area contributed by atoms with Crippen LogP contribution >= 0.6 is 0 Å². The maximum absolute atomic E-state index is 13.0. The zero-order valence-electron chi connectivity index (χ0n) is 15.2. The van der Waals surface area contributed by atoms with E-state index >= 15 is 0 Å². The van der Waals surface area contributed by atoms with Gasteiger partial charge in [0.05, 0.1) is 17.4 Å². The largest absolute Gasteiger partial charge is 0.369 e. The number of rotatable bonds is 6. The first kappa shape index (κ1) is 17.7. The highest BCUT2D eigenvalue weighted by molar-refractivity contribution is 6.06. The molecule has 0 fully saturated rings. The predicted molar refractivity (Wildman–Crippen MR) is 107 cm³/mol. The van der Waals surface area contributed by atoms with Gasteiger partial charge in [0.25, 0.3) is 5.91 Å². The zero-order valence-corrected chi connectivity index (χ0v) is 15.2. The maximum Gasteiger partial charge on any atom is 0.259 e. The fraction of sp³-hybridized carbons (Fsp3) is 0.182. The van der Waals surface area contributed by atoms with E-state index in [1.54, 1.807) is 17.3 Å². The fourth-order valence-corrected chi connectivity index (χ4v) is 2.91. The monoisotopic (exact) mass is 345 g/mol. The molecule has 0 radical (unpaired) electrons. The van der Waals surface area contributed by atoms with Crippen molar-refractivity contribution >= 4 is 17.3 Å². The van der Waals surface area contributed by atoms with Crippen molar-refractivity contribution in [2.24, 2.45) is 0 Å². The highest BCUT2D eigenvalue weighted by atomic mass is 16.2. The van der Waals surface area contributed by atoms with Gasteiger partial charge in [-0.1, -0.05) is 48.5 Å². The Kier molecular flexibility index (Phi) is 5.64. The van der Waals surface area contributed by atoms with E-state index in [1.165, 1.54) is 5.56 Å². The van der Waals surface area contributed by atoms with Crippen molar-refractivity contribution in [3.63, 3.8) is 0 Å². The van der Waals surface area contributed by atoms with Crippen molar-refractivity contribution in [1.82, 2.24) is 4.98 Å². The Morgan fingerprint density at radius 1 is 0.923 bits per heavy atom. The maximum atomic E-state index is 13.0. The Balaban J connectivity index is 1.81. The Morgan fingerprint density at radius 2 is 1.58 bits per heavy atom. The lowest BCUT2D eigenvalue weighted by Gasteiger charge is -2.23. The number of hydrogen-bond donors (Lipinski definition) is 0. The molecule has 0 bridgehead atoms. The molecular formula is C22H23N3O. The van der Waals surface area contributed by atoms with Gasteiger partial charge in [0.2, 0.25) is 0 Å². The molecule has 3 aromatic rings. The summed E-state index contributed by atoms with van der Waals surface area (Å²) >= 11 is 0. The lowest BCUT2D eigenvalue weighted by atomic mass is 10.2. The molecule has 1 amide bonds. The van der Waals surface area contributed by atoms with Gasteiger partial charge in [0.15, 0.2) is 0 Å². The number of anilines is 2. The predicted octanol–water partition coefficient (Wildman–Crippen LogP) is 4.38. The van der Waals surface area contributed by atoms with Crippen LogP contribution in [0.1, 0.15) is 22.8 Å². The van der Waals surface area contributed by atoms with E-state index in [2.05, 4.69) is 22.0 Å². The van der Waals surface area contributed by atoms with Crippen LogP contribution in [0.4, 0.5) is 11.4 Å². The van der Waals surface area contributed by atoms with Gasteiger partial charge in [0.1, 0.15) is 0 Å². The van der Waals surface area contributed by atoms with E-state index in [-0.39, 0.29) is 5.91 Å². The minimum Gasteiger partial charge on any atom is -0.369 e. The average Bonchev–Trinajstić information content (AvgIpc) is 2.70. The number of aromatic nitrogens is 1. The molecule has 4 nitrogen and oxygen atoms in total. The van der Waals surface area contributed by atoms with E-state index in [9.17, 15) is 4.79 Å². The van der Waals surface area contributed by atoms with Gasteiger partial charge in [-0.2, -0.15) is 0 Å². The summed E-state index contributed by atoms with van der Waals surface area (Å²) in [5.41, 5.74) is 3.62. The molecule has 0 aliphatic heterocycles. The summed E-state index contributed by atoms with van der Waals surface area (Å²) in [6.07, 6.45) is 3.42. The van der Waals surface area contributed by atoms with Crippen molar-refractivity contribution in [3.8, 4) is 0 Å². The minimum absolute atomic E-state index is 0.0406. The van der Waals surface area contributed by atoms with Crippen LogP contribution in [-0.2, 0) is 6.54 Å². The first-order valence-electron chi connectivity index (χ1n) is 8.76. The third-order valence-corrected chi connectivity index (χ3v) is 4.30. The first-order valence-corrected chi connectivity index (χ1v) is 8.76. The van der Waals surface area contributed by atoms with Gasteiger partial charge >= 0.3 is 0 Å². The number of pyridine rings is 1. The van der Waals surface area contributed by atoms with Crippen LogP contribution in [0.2, 0.25) is 0 Å². The second-order valence-electron chi connectivity index (χ2n) is 6.16. The minimum atomic E-state index is -0.0406. The number of nitrogens with zero attached hydrogens (tertiary/aromatic N) is 3. The van der Waals surface area contributed by atoms with Gasteiger partial charge in [0, 0.05) is 32.0 Å². The molecule has 3 rings (SSSR count). The molecule has 4 heteroatoms. The summed E-state index contributed by atoms with van der Waals surface area (Å²) in [6, 6.07) is 21.9. The Labute approximate surface area is 154 Å². The van der Waals surface area contributed by atoms with Crippen LogP contribution in [0.5, 0.6) is 0 Å². The van der Waals surface area contributed by atoms with Crippen molar-refractivity contribution in [2.45, 2.75) is 13.5 Å². The van der Waals surface area contributed by atoms with Crippen LogP contribution in [0.3, 0.4) is 0 Å². The summed E-state index contributed by atoms with van der Waals surface area (Å²) in [5, 5.41) is 0. The molecule has 26 heavy (non-hydrogen) atoms. The molecule has 0 atom stereocenters. The molecule has 0 saturated heterocycles. The lowest BCUT2D eigenvalue weighted by Crippen LogP contribution is -2.30. The molecule has 0 unspecified atom stereocenters. The zero-order chi connectivity index (χ0) is 18.4. The number of carbonyl (C=O) groups is 1. The topological polar surface area (TPSA) is 36.4 Å². The second kappa shape index (κ2) is 8.30. The van der Waals surface area contributed by atoms with E-state index in [0.717, 1.165) is 17.9 Å². The molecule has 0 aliphatic carbocycles. The summed E-state index contributed by atoms with van der Waals surface area (Å²) in [5.74, 6) is -0.0406. The Morgan fingerprint density at radius 3 is 2.23 bits per heavy atom. The van der Waals surface area contributed by atoms with Crippen molar-refractivity contribution in [2.75, 3.05) is 23.4 Å². The second-order valence-corrected chi connectivity index (χ2v) is 6.16. The smallest absolute Gasteiger partial charge is 0.259 e. The van der Waals surface area contributed by atoms with Crippen LogP contribution in [0.15, 0.2) is 79.1 Å². The summed E-state index contributed by atoms with van der Waals surface area (Å²) in [4.78, 5) is 21.1. The highest BCUT2D eigenvalue weighted by Crippen LogP contribution is 2.20. The number of carbonyl (C=O) groups excluding carboxylic acids is 1. The Bertz CT molecular complexity index is 850. The Hall–Kier alpha value is -3.14. The first-order chi connectivity index (χ1) is 12.7. The van der Waals surface area contributed by atoms with E-state index in [4.69, 9.17) is 0 Å². The SMILES string of the molecule is CCN(C(=O)c1cncc(N(C)Cc2ccccc2)c1)c1ccccc1. The molecule has 132 valence electrons. The molecule has 0 saturated carbocycles. The third-order valence-electron chi connectivity index (χ3n) is 4.30. The molecule has 2 aromatic carbocycles. The van der Waals surface area contributed by atoms with Gasteiger partial charge in [-0.25, -0.2) is 0 Å². The number of hydrogen-bond acceptors (Lipinski definition) is 3. The van der Waals surface area contributed by atoms with Crippen molar-refractivity contribution in [1.29, 1.82) is 0 Å². The van der Waals surface area contributed by atoms with Gasteiger partial charge in [-0.05, 0) is 30.7 Å².